The van der Waals surface area contributed by atoms with Crippen molar-refractivity contribution in [2.75, 3.05) is 19.7 Å². The molecule has 0 N–H and O–H groups in total. The Bertz CT molecular complexity index is 225. The predicted molar refractivity (Wildman–Crippen MR) is 41.3 cm³/mol. The van der Waals surface area contributed by atoms with Gasteiger partial charge in [-0.2, -0.15) is 0 Å². The second-order valence-electron chi connectivity index (χ2n) is 2.56. The van der Waals surface area contributed by atoms with Crippen LogP contribution < -0.4 is 0 Å². The summed E-state index contributed by atoms with van der Waals surface area (Å²) in [6.07, 6.45) is 0.783. The molecule has 7 heteroatoms. The molecule has 0 unspecified atom stereocenters. The van der Waals surface area contributed by atoms with Gasteiger partial charge in [0.05, 0.1) is 25.3 Å². The summed E-state index contributed by atoms with van der Waals surface area (Å²) in [5.74, 6) is 0. The first-order valence-corrected chi connectivity index (χ1v) is 3.49. The van der Waals surface area contributed by atoms with E-state index in [1.165, 1.54) is 0 Å². The monoisotopic (exact) mass is 168 g/mol. The molecule has 1 saturated heterocycles. The Labute approximate surface area is 68.6 Å². The van der Waals surface area contributed by atoms with E-state index in [9.17, 15) is 0 Å². The van der Waals surface area contributed by atoms with E-state index in [0.717, 1.165) is 6.42 Å². The van der Waals surface area contributed by atoms with Gasteiger partial charge < -0.3 is 4.74 Å². The second kappa shape index (κ2) is 3.82. The van der Waals surface area contributed by atoms with E-state index >= 15 is 0 Å². The first-order chi connectivity index (χ1) is 5.83. The first-order valence-electron chi connectivity index (χ1n) is 3.49. The minimum absolute atomic E-state index is 0.239. The zero-order valence-electron chi connectivity index (χ0n) is 6.42. The fourth-order valence-corrected chi connectivity index (χ4v) is 1.01. The van der Waals surface area contributed by atoms with Crippen LogP contribution in [0.4, 0.5) is 0 Å². The zero-order chi connectivity index (χ0) is 8.86. The molecule has 0 atom stereocenters. The number of azide groups is 2. The van der Waals surface area contributed by atoms with Gasteiger partial charge in [-0.05, 0) is 11.1 Å². The molecule has 0 spiro atoms. The Hall–Kier alpha value is -1.42. The van der Waals surface area contributed by atoms with Gasteiger partial charge in [-0.1, -0.05) is 10.2 Å². The molecular formula is C5H8N6O. The zero-order valence-corrected chi connectivity index (χ0v) is 6.42. The van der Waals surface area contributed by atoms with Crippen molar-refractivity contribution in [2.24, 2.45) is 10.2 Å². The van der Waals surface area contributed by atoms with Gasteiger partial charge in [0.25, 0.3) is 0 Å². The van der Waals surface area contributed by atoms with Crippen molar-refractivity contribution in [2.45, 2.75) is 12.0 Å². The van der Waals surface area contributed by atoms with Gasteiger partial charge >= 0.3 is 0 Å². The Balaban J connectivity index is 2.49. The Morgan fingerprint density at radius 1 is 1.25 bits per heavy atom. The molecule has 1 aliphatic heterocycles. The number of nitrogens with zero attached hydrogens (tertiary/aromatic N) is 6. The standard InChI is InChI=1S/C5H8N6O/c6-10-8-3-5(1-2-12-5)4-9-11-7/h1-4H2. The molecule has 0 aromatic rings. The van der Waals surface area contributed by atoms with Crippen LogP contribution in [0.15, 0.2) is 10.2 Å². The summed E-state index contributed by atoms with van der Waals surface area (Å²) in [6, 6.07) is 0. The average Bonchev–Trinajstić information content (AvgIpc) is 2.02. The van der Waals surface area contributed by atoms with Gasteiger partial charge in [-0.3, -0.25) is 0 Å². The normalized spacial score (nSPS) is 26.3. The third-order valence-electron chi connectivity index (χ3n) is 1.81. The highest BCUT2D eigenvalue weighted by Crippen LogP contribution is 2.27. The van der Waals surface area contributed by atoms with Crippen molar-refractivity contribution in [3.63, 3.8) is 0 Å². The molecule has 1 fully saturated rings. The SMILES string of the molecule is [N-]=[N+]=NCC1(CN=[N+]=[N-])CCO1. The van der Waals surface area contributed by atoms with Gasteiger partial charge in [0.2, 0.25) is 0 Å². The summed E-state index contributed by atoms with van der Waals surface area (Å²) in [7, 11) is 0. The lowest BCUT2D eigenvalue weighted by molar-refractivity contribution is -0.132. The van der Waals surface area contributed by atoms with Crippen LogP contribution in [0.2, 0.25) is 0 Å². The third kappa shape index (κ3) is 1.79. The Morgan fingerprint density at radius 3 is 2.00 bits per heavy atom. The summed E-state index contributed by atoms with van der Waals surface area (Å²) in [6.45, 7) is 1.12. The smallest absolute Gasteiger partial charge is 0.0816 e. The van der Waals surface area contributed by atoms with Crippen LogP contribution in [0.25, 0.3) is 20.9 Å². The van der Waals surface area contributed by atoms with Crippen molar-refractivity contribution in [3.05, 3.63) is 20.9 Å². The topological polar surface area (TPSA) is 107 Å². The summed E-state index contributed by atoms with van der Waals surface area (Å²) < 4.78 is 5.19. The van der Waals surface area contributed by atoms with Crippen molar-refractivity contribution >= 4 is 0 Å². The highest BCUT2D eigenvalue weighted by atomic mass is 16.5. The lowest BCUT2D eigenvalue weighted by Crippen LogP contribution is -2.48. The molecule has 0 bridgehead atoms. The molecule has 7 nitrogen and oxygen atoms in total. The molecule has 0 aromatic carbocycles. The van der Waals surface area contributed by atoms with Crippen molar-refractivity contribution < 1.29 is 4.74 Å². The molecule has 0 aromatic heterocycles. The van der Waals surface area contributed by atoms with E-state index in [1.54, 1.807) is 0 Å². The Morgan fingerprint density at radius 2 is 1.75 bits per heavy atom. The fourth-order valence-electron chi connectivity index (χ4n) is 1.01. The van der Waals surface area contributed by atoms with Crippen LogP contribution in [-0.4, -0.2) is 25.3 Å². The molecular weight excluding hydrogens is 160 g/mol. The van der Waals surface area contributed by atoms with Crippen LogP contribution in [0.1, 0.15) is 6.42 Å². The van der Waals surface area contributed by atoms with Gasteiger partial charge in [0.1, 0.15) is 0 Å². The summed E-state index contributed by atoms with van der Waals surface area (Å²) in [4.78, 5) is 5.24. The van der Waals surface area contributed by atoms with E-state index in [0.29, 0.717) is 6.61 Å². The van der Waals surface area contributed by atoms with Crippen molar-refractivity contribution in [3.8, 4) is 0 Å². The van der Waals surface area contributed by atoms with Crippen LogP contribution in [0.3, 0.4) is 0 Å². The van der Waals surface area contributed by atoms with Crippen LogP contribution in [0, 0.1) is 0 Å². The molecule has 0 saturated carbocycles. The number of rotatable bonds is 4. The lowest BCUT2D eigenvalue weighted by Gasteiger charge is -2.39. The van der Waals surface area contributed by atoms with Crippen LogP contribution >= 0.6 is 0 Å². The van der Waals surface area contributed by atoms with Crippen molar-refractivity contribution in [1.29, 1.82) is 0 Å². The molecule has 1 rings (SSSR count). The van der Waals surface area contributed by atoms with E-state index in [-0.39, 0.29) is 13.1 Å². The van der Waals surface area contributed by atoms with E-state index in [2.05, 4.69) is 20.1 Å². The van der Waals surface area contributed by atoms with E-state index in [1.807, 2.05) is 0 Å². The fraction of sp³-hybridized carbons (Fsp3) is 1.00. The highest BCUT2D eigenvalue weighted by molar-refractivity contribution is 4.92. The number of hydrogen-bond acceptors (Lipinski definition) is 3. The minimum atomic E-state index is -0.515. The first kappa shape index (κ1) is 8.67. The van der Waals surface area contributed by atoms with Gasteiger partial charge in [-0.15, -0.1) is 0 Å². The Kier molecular flexibility index (Phi) is 2.76. The summed E-state index contributed by atoms with van der Waals surface area (Å²) in [5, 5.41) is 6.78. The summed E-state index contributed by atoms with van der Waals surface area (Å²) >= 11 is 0. The molecule has 64 valence electrons. The third-order valence-corrected chi connectivity index (χ3v) is 1.81. The quantitative estimate of drug-likeness (QED) is 0.356. The average molecular weight is 168 g/mol. The van der Waals surface area contributed by atoms with Gasteiger partial charge in [0.15, 0.2) is 0 Å². The number of ether oxygens (including phenoxy) is 1. The molecule has 0 aliphatic carbocycles. The lowest BCUT2D eigenvalue weighted by atomic mass is 9.95. The number of hydrogen-bond donors (Lipinski definition) is 0. The molecule has 1 aliphatic rings. The predicted octanol–water partition coefficient (Wildman–Crippen LogP) is 1.77. The maximum absolute atomic E-state index is 8.07. The highest BCUT2D eigenvalue weighted by Gasteiger charge is 2.36. The van der Waals surface area contributed by atoms with Crippen LogP contribution in [-0.2, 0) is 4.74 Å². The van der Waals surface area contributed by atoms with Crippen molar-refractivity contribution in [1.82, 2.24) is 0 Å². The van der Waals surface area contributed by atoms with Gasteiger partial charge in [0, 0.05) is 16.2 Å². The molecule has 12 heavy (non-hydrogen) atoms. The molecule has 1 heterocycles. The van der Waals surface area contributed by atoms with E-state index < -0.39 is 5.60 Å². The van der Waals surface area contributed by atoms with Gasteiger partial charge in [-0.25, -0.2) is 0 Å². The van der Waals surface area contributed by atoms with E-state index in [4.69, 9.17) is 15.8 Å². The largest absolute Gasteiger partial charge is 0.375 e. The maximum atomic E-state index is 8.07. The van der Waals surface area contributed by atoms with Crippen LogP contribution in [0.5, 0.6) is 0 Å². The maximum Gasteiger partial charge on any atom is 0.0816 e. The molecule has 0 radical (unpaired) electrons. The second-order valence-corrected chi connectivity index (χ2v) is 2.56. The summed E-state index contributed by atoms with van der Waals surface area (Å²) in [5.41, 5.74) is 15.6. The molecule has 0 amide bonds. The minimum Gasteiger partial charge on any atom is -0.375 e.